The molecule has 1 aromatic carbocycles. The minimum absolute atomic E-state index is 0.234. The SMILES string of the molecule is CCC1C2C(OS(=O)(=O)c3ccccc3)CCC3C4C=C(O)C3C2C41. The summed E-state index contributed by atoms with van der Waals surface area (Å²) in [6.45, 7) is 2.20. The molecule has 4 aliphatic carbocycles. The highest BCUT2D eigenvalue weighted by molar-refractivity contribution is 7.86. The highest BCUT2D eigenvalue weighted by Crippen LogP contribution is 2.72. The van der Waals surface area contributed by atoms with Gasteiger partial charge < -0.3 is 5.11 Å². The van der Waals surface area contributed by atoms with Crippen LogP contribution in [-0.4, -0.2) is 19.6 Å². The van der Waals surface area contributed by atoms with E-state index in [1.807, 2.05) is 0 Å². The summed E-state index contributed by atoms with van der Waals surface area (Å²) < 4.78 is 31.2. The van der Waals surface area contributed by atoms with Gasteiger partial charge in [0.2, 0.25) is 0 Å². The first kappa shape index (κ1) is 15.9. The molecular weight excluding hydrogens is 336 g/mol. The van der Waals surface area contributed by atoms with Gasteiger partial charge in [0, 0.05) is 5.92 Å². The van der Waals surface area contributed by atoms with Crippen LogP contribution in [0.25, 0.3) is 0 Å². The summed E-state index contributed by atoms with van der Waals surface area (Å²) in [6.07, 6.45) is 4.62. The van der Waals surface area contributed by atoms with Crippen LogP contribution in [-0.2, 0) is 14.3 Å². The fourth-order valence-electron chi connectivity index (χ4n) is 6.64. The van der Waals surface area contributed by atoms with Crippen molar-refractivity contribution < 1.29 is 17.7 Å². The molecule has 0 aromatic heterocycles. The lowest BCUT2D eigenvalue weighted by Gasteiger charge is -2.56. The number of hydrogen-bond donors (Lipinski definition) is 1. The molecule has 1 aromatic rings. The van der Waals surface area contributed by atoms with Crippen LogP contribution in [0.4, 0.5) is 0 Å². The molecule has 8 unspecified atom stereocenters. The van der Waals surface area contributed by atoms with Crippen molar-refractivity contribution in [3.05, 3.63) is 42.2 Å². The van der Waals surface area contributed by atoms with E-state index in [0.29, 0.717) is 35.3 Å². The van der Waals surface area contributed by atoms with E-state index in [1.54, 1.807) is 30.3 Å². The van der Waals surface area contributed by atoms with E-state index in [2.05, 4.69) is 13.0 Å². The third-order valence-corrected chi connectivity index (χ3v) is 8.71. The van der Waals surface area contributed by atoms with Crippen molar-refractivity contribution in [1.82, 2.24) is 0 Å². The molecule has 1 N–H and O–H groups in total. The van der Waals surface area contributed by atoms with E-state index < -0.39 is 10.1 Å². The van der Waals surface area contributed by atoms with Crippen molar-refractivity contribution in [2.75, 3.05) is 0 Å². The average Bonchev–Trinajstić information content (AvgIpc) is 2.94. The normalized spacial score (nSPS) is 44.1. The maximum Gasteiger partial charge on any atom is 0.297 e. The molecule has 25 heavy (non-hydrogen) atoms. The zero-order chi connectivity index (χ0) is 17.3. The fraction of sp³-hybridized carbons (Fsp3) is 0.600. The molecule has 4 bridgehead atoms. The van der Waals surface area contributed by atoms with Crippen LogP contribution in [0.1, 0.15) is 26.2 Å². The predicted octanol–water partition coefficient (Wildman–Crippen LogP) is 3.76. The predicted molar refractivity (Wildman–Crippen MR) is 93.2 cm³/mol. The zero-order valence-electron chi connectivity index (χ0n) is 14.3. The first-order chi connectivity index (χ1) is 12.0. The van der Waals surface area contributed by atoms with Crippen LogP contribution in [0, 0.1) is 41.4 Å². The molecule has 3 saturated carbocycles. The molecule has 0 heterocycles. The summed E-state index contributed by atoms with van der Waals surface area (Å²) in [5.74, 6) is 3.59. The van der Waals surface area contributed by atoms with Crippen LogP contribution in [0.2, 0.25) is 0 Å². The Kier molecular flexibility index (Phi) is 3.39. The van der Waals surface area contributed by atoms with Gasteiger partial charge in [0.25, 0.3) is 10.1 Å². The molecule has 0 radical (unpaired) electrons. The fourth-order valence-corrected chi connectivity index (χ4v) is 7.79. The molecule has 4 nitrogen and oxygen atoms in total. The van der Waals surface area contributed by atoms with E-state index in [1.165, 1.54) is 0 Å². The van der Waals surface area contributed by atoms with Gasteiger partial charge >= 0.3 is 0 Å². The second kappa shape index (κ2) is 5.34. The number of hydrogen-bond acceptors (Lipinski definition) is 4. The topological polar surface area (TPSA) is 63.6 Å². The third-order valence-electron chi connectivity index (χ3n) is 7.36. The molecular formula is C20H24O4S. The van der Waals surface area contributed by atoms with Gasteiger partial charge in [-0.1, -0.05) is 31.5 Å². The standard InChI is InChI=1S/C20H24O4S/c1-2-12-17-14-10-15(21)18-13(14)8-9-16(19(12)20(17)18)24-25(22,23)11-6-4-3-5-7-11/h3-7,10,12-14,16-21H,2,8-9H2,1H3. The Morgan fingerprint density at radius 2 is 1.88 bits per heavy atom. The van der Waals surface area contributed by atoms with Crippen molar-refractivity contribution in [2.24, 2.45) is 41.4 Å². The Morgan fingerprint density at radius 3 is 2.60 bits per heavy atom. The number of rotatable bonds is 4. The van der Waals surface area contributed by atoms with Crippen molar-refractivity contribution in [3.8, 4) is 0 Å². The van der Waals surface area contributed by atoms with Crippen molar-refractivity contribution in [2.45, 2.75) is 37.2 Å². The van der Waals surface area contributed by atoms with E-state index in [4.69, 9.17) is 4.18 Å². The van der Waals surface area contributed by atoms with Crippen LogP contribution in [0.5, 0.6) is 0 Å². The summed E-state index contributed by atoms with van der Waals surface area (Å²) in [7, 11) is -3.74. The van der Waals surface area contributed by atoms with Gasteiger partial charge in [-0.3, -0.25) is 4.18 Å². The van der Waals surface area contributed by atoms with E-state index in [-0.39, 0.29) is 22.8 Å². The molecule has 0 aliphatic heterocycles. The summed E-state index contributed by atoms with van der Waals surface area (Å²) in [6, 6.07) is 8.44. The van der Waals surface area contributed by atoms with Gasteiger partial charge in [-0.25, -0.2) is 0 Å². The molecule has 3 fully saturated rings. The van der Waals surface area contributed by atoms with Crippen LogP contribution < -0.4 is 0 Å². The first-order valence-electron chi connectivity index (χ1n) is 9.42. The van der Waals surface area contributed by atoms with E-state index >= 15 is 0 Å². The second-order valence-corrected chi connectivity index (χ2v) is 9.71. The van der Waals surface area contributed by atoms with Crippen molar-refractivity contribution >= 4 is 10.1 Å². The maximum atomic E-state index is 12.7. The molecule has 0 saturated heterocycles. The Morgan fingerprint density at radius 1 is 1.12 bits per heavy atom. The summed E-state index contributed by atoms with van der Waals surface area (Å²) in [5, 5.41) is 10.3. The third kappa shape index (κ3) is 2.05. The second-order valence-electron chi connectivity index (χ2n) is 8.14. The highest BCUT2D eigenvalue weighted by atomic mass is 32.2. The van der Waals surface area contributed by atoms with Gasteiger partial charge in [0.05, 0.1) is 16.8 Å². The van der Waals surface area contributed by atoms with Gasteiger partial charge in [-0.05, 0) is 66.6 Å². The largest absolute Gasteiger partial charge is 0.512 e. The lowest BCUT2D eigenvalue weighted by molar-refractivity contribution is -0.101. The summed E-state index contributed by atoms with van der Waals surface area (Å²) in [5.41, 5.74) is 0. The molecule has 134 valence electrons. The number of allylic oxidation sites excluding steroid dienone is 2. The number of aliphatic hydroxyl groups is 1. The molecule has 8 atom stereocenters. The number of fused-ring (bicyclic) bond motifs is 1. The van der Waals surface area contributed by atoms with Gasteiger partial charge in [0.15, 0.2) is 0 Å². The Hall–Kier alpha value is -1.33. The summed E-state index contributed by atoms with van der Waals surface area (Å²) in [4.78, 5) is 0.234. The molecule has 0 spiro atoms. The van der Waals surface area contributed by atoms with Gasteiger partial charge in [-0.15, -0.1) is 0 Å². The van der Waals surface area contributed by atoms with Crippen LogP contribution in [0.15, 0.2) is 47.1 Å². The van der Waals surface area contributed by atoms with Gasteiger partial charge in [-0.2, -0.15) is 8.42 Å². The van der Waals surface area contributed by atoms with Crippen LogP contribution >= 0.6 is 0 Å². The minimum Gasteiger partial charge on any atom is -0.512 e. The molecule has 5 rings (SSSR count). The van der Waals surface area contributed by atoms with Crippen molar-refractivity contribution in [1.29, 1.82) is 0 Å². The Labute approximate surface area is 149 Å². The number of aliphatic hydroxyl groups excluding tert-OH is 1. The lowest BCUT2D eigenvalue weighted by Crippen LogP contribution is -2.55. The Bertz CT molecular complexity index is 815. The highest BCUT2D eigenvalue weighted by Gasteiger charge is 2.69. The van der Waals surface area contributed by atoms with E-state index in [0.717, 1.165) is 19.3 Å². The van der Waals surface area contributed by atoms with Crippen molar-refractivity contribution in [3.63, 3.8) is 0 Å². The molecule has 0 amide bonds. The summed E-state index contributed by atoms with van der Waals surface area (Å²) >= 11 is 0. The lowest BCUT2D eigenvalue weighted by atomic mass is 9.50. The van der Waals surface area contributed by atoms with Gasteiger partial charge in [0.1, 0.15) is 0 Å². The quantitative estimate of drug-likeness (QED) is 0.831. The molecule has 4 aliphatic rings. The monoisotopic (exact) mass is 360 g/mol. The smallest absolute Gasteiger partial charge is 0.297 e. The average molecular weight is 360 g/mol. The maximum absolute atomic E-state index is 12.7. The first-order valence-corrected chi connectivity index (χ1v) is 10.8. The number of benzene rings is 1. The minimum atomic E-state index is -3.74. The van der Waals surface area contributed by atoms with E-state index in [9.17, 15) is 13.5 Å². The molecule has 5 heteroatoms. The Balaban J connectivity index is 1.46. The zero-order valence-corrected chi connectivity index (χ0v) is 15.1. The van der Waals surface area contributed by atoms with Crippen LogP contribution in [0.3, 0.4) is 0 Å².